The van der Waals surface area contributed by atoms with Gasteiger partial charge in [-0.3, -0.25) is 14.9 Å². The first kappa shape index (κ1) is 15.3. The number of carbonyl (C=O) groups is 1. The zero-order chi connectivity index (χ0) is 15.6. The normalized spacial score (nSPS) is 10.2. The number of anilines is 2. The number of non-ortho nitro benzene ring substituents is 1. The molecule has 2 aromatic rings. The third kappa shape index (κ3) is 3.50. The highest BCUT2D eigenvalue weighted by Crippen LogP contribution is 2.27. The number of hydrogen-bond acceptors (Lipinski definition) is 4. The van der Waals surface area contributed by atoms with Crippen LogP contribution in [0, 0.1) is 10.1 Å². The summed E-state index contributed by atoms with van der Waals surface area (Å²) in [5.74, 6) is -0.397. The quantitative estimate of drug-likeness (QED) is 0.487. The molecule has 0 atom stereocenters. The molecule has 2 aromatic carbocycles. The average Bonchev–Trinajstić information content (AvgIpc) is 2.43. The summed E-state index contributed by atoms with van der Waals surface area (Å²) in [6.45, 7) is 0. The number of hydrogen-bond donors (Lipinski definition) is 2. The highest BCUT2D eigenvalue weighted by atomic mass is 79.9. The largest absolute Gasteiger partial charge is 0.398 e. The maximum Gasteiger partial charge on any atom is 0.271 e. The Hall–Kier alpha value is -2.12. The second kappa shape index (κ2) is 6.11. The van der Waals surface area contributed by atoms with E-state index in [2.05, 4.69) is 21.2 Å². The van der Waals surface area contributed by atoms with Gasteiger partial charge in [-0.25, -0.2) is 0 Å². The standard InChI is InChI=1S/C13H9BrClN3O3/c14-9-5-7(1-3-11(9)16)13(19)17-12-4-2-8(18(20)21)6-10(12)15/h1-6H,16H2,(H,17,19). The molecule has 0 bridgehead atoms. The zero-order valence-electron chi connectivity index (χ0n) is 10.5. The van der Waals surface area contributed by atoms with Crippen LogP contribution in [0.5, 0.6) is 0 Å². The minimum Gasteiger partial charge on any atom is -0.398 e. The molecule has 6 nitrogen and oxygen atoms in total. The molecular formula is C13H9BrClN3O3. The van der Waals surface area contributed by atoms with Gasteiger partial charge in [0.1, 0.15) is 0 Å². The maximum atomic E-state index is 12.1. The van der Waals surface area contributed by atoms with Crippen molar-refractivity contribution in [3.63, 3.8) is 0 Å². The highest BCUT2D eigenvalue weighted by molar-refractivity contribution is 9.10. The molecule has 0 spiro atoms. The van der Waals surface area contributed by atoms with Crippen molar-refractivity contribution >= 4 is 50.5 Å². The summed E-state index contributed by atoms with van der Waals surface area (Å²) in [6.07, 6.45) is 0. The number of amides is 1. The van der Waals surface area contributed by atoms with Crippen molar-refractivity contribution in [2.45, 2.75) is 0 Å². The van der Waals surface area contributed by atoms with Crippen LogP contribution < -0.4 is 11.1 Å². The van der Waals surface area contributed by atoms with Crippen LogP contribution in [-0.2, 0) is 0 Å². The van der Waals surface area contributed by atoms with Crippen molar-refractivity contribution in [3.8, 4) is 0 Å². The van der Waals surface area contributed by atoms with E-state index in [1.165, 1.54) is 18.2 Å². The lowest BCUT2D eigenvalue weighted by Crippen LogP contribution is -2.12. The van der Waals surface area contributed by atoms with E-state index < -0.39 is 10.8 Å². The van der Waals surface area contributed by atoms with Crippen LogP contribution in [-0.4, -0.2) is 10.8 Å². The van der Waals surface area contributed by atoms with Gasteiger partial charge >= 0.3 is 0 Å². The fourth-order valence-electron chi connectivity index (χ4n) is 1.58. The van der Waals surface area contributed by atoms with Crippen LogP contribution in [0.4, 0.5) is 17.1 Å². The molecular weight excluding hydrogens is 362 g/mol. The molecule has 0 aliphatic carbocycles. The Morgan fingerprint density at radius 1 is 1.29 bits per heavy atom. The van der Waals surface area contributed by atoms with Crippen molar-refractivity contribution in [2.24, 2.45) is 0 Å². The number of nitrogen functional groups attached to an aromatic ring is 1. The van der Waals surface area contributed by atoms with E-state index in [0.717, 1.165) is 0 Å². The van der Waals surface area contributed by atoms with Gasteiger partial charge in [-0.15, -0.1) is 0 Å². The molecule has 1 amide bonds. The van der Waals surface area contributed by atoms with Gasteiger partial charge in [0.15, 0.2) is 0 Å². The first-order valence-corrected chi connectivity index (χ1v) is 6.86. The highest BCUT2D eigenvalue weighted by Gasteiger charge is 2.13. The minimum absolute atomic E-state index is 0.0899. The van der Waals surface area contributed by atoms with E-state index in [9.17, 15) is 14.9 Å². The van der Waals surface area contributed by atoms with Gasteiger partial charge in [-0.05, 0) is 40.2 Å². The van der Waals surface area contributed by atoms with Gasteiger partial charge < -0.3 is 11.1 Å². The van der Waals surface area contributed by atoms with E-state index in [4.69, 9.17) is 17.3 Å². The second-order valence-electron chi connectivity index (χ2n) is 4.11. The molecule has 2 rings (SSSR count). The average molecular weight is 371 g/mol. The first-order chi connectivity index (χ1) is 9.88. The number of carbonyl (C=O) groups excluding carboxylic acids is 1. The zero-order valence-corrected chi connectivity index (χ0v) is 12.8. The van der Waals surface area contributed by atoms with E-state index >= 15 is 0 Å². The van der Waals surface area contributed by atoms with Gasteiger partial charge in [-0.2, -0.15) is 0 Å². The molecule has 108 valence electrons. The summed E-state index contributed by atoms with van der Waals surface area (Å²) in [7, 11) is 0. The van der Waals surface area contributed by atoms with Crippen molar-refractivity contribution in [1.29, 1.82) is 0 Å². The summed E-state index contributed by atoms with van der Waals surface area (Å²) in [5.41, 5.74) is 6.69. The van der Waals surface area contributed by atoms with Crippen LogP contribution in [0.2, 0.25) is 5.02 Å². The van der Waals surface area contributed by atoms with Gasteiger partial charge in [0.05, 0.1) is 15.6 Å². The lowest BCUT2D eigenvalue weighted by Gasteiger charge is -2.08. The van der Waals surface area contributed by atoms with Crippen LogP contribution in [0.15, 0.2) is 40.9 Å². The third-order valence-electron chi connectivity index (χ3n) is 2.67. The molecule has 0 saturated heterocycles. The SMILES string of the molecule is Nc1ccc(C(=O)Nc2ccc([N+](=O)[O-])cc2Cl)cc1Br. The van der Waals surface area contributed by atoms with Crippen LogP contribution in [0.3, 0.4) is 0 Å². The molecule has 0 aromatic heterocycles. The lowest BCUT2D eigenvalue weighted by molar-refractivity contribution is -0.384. The van der Waals surface area contributed by atoms with Crippen molar-refractivity contribution in [2.75, 3.05) is 11.1 Å². The smallest absolute Gasteiger partial charge is 0.271 e. The summed E-state index contributed by atoms with van der Waals surface area (Å²) in [4.78, 5) is 22.1. The Kier molecular flexibility index (Phi) is 4.44. The molecule has 0 aliphatic heterocycles. The third-order valence-corrected chi connectivity index (χ3v) is 3.67. The summed E-state index contributed by atoms with van der Waals surface area (Å²) in [6, 6.07) is 8.55. The van der Waals surface area contributed by atoms with Crippen molar-refractivity contribution in [3.05, 3.63) is 61.6 Å². The van der Waals surface area contributed by atoms with E-state index in [1.807, 2.05) is 0 Å². The van der Waals surface area contributed by atoms with Gasteiger partial charge in [0.2, 0.25) is 0 Å². The second-order valence-corrected chi connectivity index (χ2v) is 5.37. The van der Waals surface area contributed by atoms with Crippen molar-refractivity contribution < 1.29 is 9.72 Å². The van der Waals surface area contributed by atoms with E-state index in [1.54, 1.807) is 18.2 Å². The van der Waals surface area contributed by atoms with Crippen LogP contribution in [0.25, 0.3) is 0 Å². The number of nitro groups is 1. The Morgan fingerprint density at radius 3 is 2.57 bits per heavy atom. The summed E-state index contributed by atoms with van der Waals surface area (Å²) in [5, 5.41) is 13.3. The maximum absolute atomic E-state index is 12.1. The molecule has 0 saturated carbocycles. The Balaban J connectivity index is 2.23. The van der Waals surface area contributed by atoms with E-state index in [0.29, 0.717) is 21.4 Å². The Morgan fingerprint density at radius 2 is 2.00 bits per heavy atom. The molecule has 0 heterocycles. The Bertz CT molecular complexity index is 737. The predicted octanol–water partition coefficient (Wildman–Crippen LogP) is 3.85. The number of rotatable bonds is 3. The van der Waals surface area contributed by atoms with E-state index in [-0.39, 0.29) is 10.7 Å². The molecule has 0 radical (unpaired) electrons. The fourth-order valence-corrected chi connectivity index (χ4v) is 2.18. The molecule has 0 unspecified atom stereocenters. The molecule has 0 aliphatic rings. The topological polar surface area (TPSA) is 98.3 Å². The number of benzene rings is 2. The number of halogens is 2. The molecule has 0 fully saturated rings. The van der Waals surface area contributed by atoms with Gasteiger partial charge in [-0.1, -0.05) is 11.6 Å². The number of nitrogens with one attached hydrogen (secondary N) is 1. The van der Waals surface area contributed by atoms with Crippen LogP contribution >= 0.6 is 27.5 Å². The molecule has 8 heteroatoms. The summed E-state index contributed by atoms with van der Waals surface area (Å²) < 4.78 is 0.602. The van der Waals surface area contributed by atoms with Gasteiger partial charge in [0, 0.05) is 27.9 Å². The monoisotopic (exact) mass is 369 g/mol. The Labute approximate surface area is 133 Å². The molecule has 3 N–H and O–H groups in total. The summed E-state index contributed by atoms with van der Waals surface area (Å²) >= 11 is 9.15. The predicted molar refractivity (Wildman–Crippen MR) is 84.6 cm³/mol. The van der Waals surface area contributed by atoms with Crippen LogP contribution in [0.1, 0.15) is 10.4 Å². The van der Waals surface area contributed by atoms with Gasteiger partial charge in [0.25, 0.3) is 11.6 Å². The molecule has 21 heavy (non-hydrogen) atoms. The number of nitro benzene ring substituents is 1. The lowest BCUT2D eigenvalue weighted by atomic mass is 10.2. The first-order valence-electron chi connectivity index (χ1n) is 5.69. The number of nitrogens with zero attached hydrogens (tertiary/aromatic N) is 1. The minimum atomic E-state index is -0.561. The fraction of sp³-hybridized carbons (Fsp3) is 0. The van der Waals surface area contributed by atoms with Crippen molar-refractivity contribution in [1.82, 2.24) is 0 Å². The number of nitrogens with two attached hydrogens (primary N) is 1.